The molecule has 0 bridgehead atoms. The van der Waals surface area contributed by atoms with Crippen molar-refractivity contribution in [3.05, 3.63) is 33.1 Å². The number of alkyl halides is 3. The van der Waals surface area contributed by atoms with Crippen LogP contribution in [0.25, 0.3) is 0 Å². The molecule has 0 aliphatic rings. The molecule has 6 nitrogen and oxygen atoms in total. The molecule has 0 aliphatic heterocycles. The summed E-state index contributed by atoms with van der Waals surface area (Å²) in [4.78, 5) is 7.85. The molecular formula is C15H20F3N5OS. The van der Waals surface area contributed by atoms with E-state index in [0.717, 1.165) is 33.7 Å². The second-order valence-corrected chi connectivity index (χ2v) is 6.24. The molecule has 25 heavy (non-hydrogen) atoms. The first-order valence-corrected chi connectivity index (χ1v) is 8.64. The van der Waals surface area contributed by atoms with Crippen molar-refractivity contribution in [1.29, 1.82) is 0 Å². The molecular weight excluding hydrogens is 355 g/mol. The van der Waals surface area contributed by atoms with E-state index in [-0.39, 0.29) is 6.54 Å². The van der Waals surface area contributed by atoms with E-state index in [2.05, 4.69) is 25.8 Å². The Bertz CT molecular complexity index is 704. The Balaban J connectivity index is 1.93. The number of halogens is 3. The first-order valence-electron chi connectivity index (χ1n) is 7.76. The molecule has 2 aromatic rings. The van der Waals surface area contributed by atoms with E-state index >= 15 is 0 Å². The molecule has 2 N–H and O–H groups in total. The van der Waals surface area contributed by atoms with Crippen LogP contribution in [-0.4, -0.2) is 29.2 Å². The molecule has 0 saturated carbocycles. The van der Waals surface area contributed by atoms with Gasteiger partial charge >= 0.3 is 6.18 Å². The number of aryl methyl sites for hydroxylation is 2. The fourth-order valence-electron chi connectivity index (χ4n) is 2.17. The van der Waals surface area contributed by atoms with Gasteiger partial charge in [-0.2, -0.15) is 13.2 Å². The molecule has 0 radical (unpaired) electrons. The molecule has 10 heteroatoms. The Hall–Kier alpha value is -2.10. The van der Waals surface area contributed by atoms with E-state index in [4.69, 9.17) is 4.52 Å². The third-order valence-electron chi connectivity index (χ3n) is 3.41. The molecule has 0 spiro atoms. The summed E-state index contributed by atoms with van der Waals surface area (Å²) in [6.07, 6.45) is -3.71. The summed E-state index contributed by atoms with van der Waals surface area (Å²) >= 11 is 0.948. The summed E-state index contributed by atoms with van der Waals surface area (Å²) in [7, 11) is 0. The van der Waals surface area contributed by atoms with Crippen LogP contribution in [-0.2, 0) is 19.1 Å². The minimum Gasteiger partial charge on any atom is -0.361 e. The summed E-state index contributed by atoms with van der Waals surface area (Å²) in [5.41, 5.74) is 1.01. The van der Waals surface area contributed by atoms with E-state index in [1.807, 2.05) is 20.8 Å². The third-order valence-corrected chi connectivity index (χ3v) is 4.24. The number of guanidine groups is 1. The summed E-state index contributed by atoms with van der Waals surface area (Å²) in [5.74, 6) is 1.31. The fourth-order valence-corrected chi connectivity index (χ4v) is 2.89. The lowest BCUT2D eigenvalue weighted by Crippen LogP contribution is -2.38. The fraction of sp³-hybridized carbons (Fsp3) is 0.533. The quantitative estimate of drug-likeness (QED) is 0.600. The van der Waals surface area contributed by atoms with Crippen molar-refractivity contribution in [3.8, 4) is 0 Å². The standard InChI is InChI=1S/C15H20F3N5OS/c1-4-19-14(20-6-5-11-9(2)23-24-10(11)3)21-7-13-22-12(8-25-13)15(16,17)18/h8H,4-7H2,1-3H3,(H2,19,20,21). The van der Waals surface area contributed by atoms with E-state index < -0.39 is 11.9 Å². The van der Waals surface area contributed by atoms with Gasteiger partial charge in [-0.3, -0.25) is 0 Å². The number of rotatable bonds is 6. The number of hydrogen-bond acceptors (Lipinski definition) is 5. The average Bonchev–Trinajstić information content (AvgIpc) is 3.14. The van der Waals surface area contributed by atoms with Gasteiger partial charge in [0, 0.05) is 24.0 Å². The summed E-state index contributed by atoms with van der Waals surface area (Å²) in [6.45, 7) is 6.97. The maximum atomic E-state index is 12.6. The number of aromatic nitrogens is 2. The van der Waals surface area contributed by atoms with Gasteiger partial charge in [-0.15, -0.1) is 11.3 Å². The molecule has 0 atom stereocenters. The van der Waals surface area contributed by atoms with Gasteiger partial charge in [0.15, 0.2) is 11.7 Å². The minimum absolute atomic E-state index is 0.0847. The van der Waals surface area contributed by atoms with Crippen LogP contribution in [0.3, 0.4) is 0 Å². The van der Waals surface area contributed by atoms with Crippen molar-refractivity contribution in [2.45, 2.75) is 39.9 Å². The summed E-state index contributed by atoms with van der Waals surface area (Å²) < 4.78 is 42.8. The van der Waals surface area contributed by atoms with Crippen molar-refractivity contribution in [1.82, 2.24) is 20.8 Å². The highest BCUT2D eigenvalue weighted by atomic mass is 32.1. The number of aliphatic imine (C=N–C) groups is 1. The van der Waals surface area contributed by atoms with Crippen LogP contribution in [0.2, 0.25) is 0 Å². The van der Waals surface area contributed by atoms with Crippen LogP contribution in [0.4, 0.5) is 13.2 Å². The number of nitrogens with zero attached hydrogens (tertiary/aromatic N) is 3. The zero-order valence-corrected chi connectivity index (χ0v) is 15.0. The van der Waals surface area contributed by atoms with Gasteiger partial charge in [-0.1, -0.05) is 5.16 Å². The monoisotopic (exact) mass is 375 g/mol. The average molecular weight is 375 g/mol. The van der Waals surface area contributed by atoms with Gasteiger partial charge < -0.3 is 15.2 Å². The maximum Gasteiger partial charge on any atom is 0.434 e. The van der Waals surface area contributed by atoms with Crippen LogP contribution >= 0.6 is 11.3 Å². The second-order valence-electron chi connectivity index (χ2n) is 5.30. The van der Waals surface area contributed by atoms with Crippen molar-refractivity contribution in [2.24, 2.45) is 4.99 Å². The molecule has 0 aromatic carbocycles. The molecule has 0 aliphatic carbocycles. The van der Waals surface area contributed by atoms with Crippen molar-refractivity contribution in [3.63, 3.8) is 0 Å². The molecule has 2 rings (SSSR count). The van der Waals surface area contributed by atoms with Crippen LogP contribution in [0.5, 0.6) is 0 Å². The van der Waals surface area contributed by atoms with Gasteiger partial charge in [0.2, 0.25) is 0 Å². The molecule has 2 aromatic heterocycles. The van der Waals surface area contributed by atoms with Crippen molar-refractivity contribution < 1.29 is 17.7 Å². The van der Waals surface area contributed by atoms with E-state index in [9.17, 15) is 13.2 Å². The molecule has 0 fully saturated rings. The molecule has 0 unspecified atom stereocenters. The van der Waals surface area contributed by atoms with Gasteiger partial charge in [-0.05, 0) is 27.2 Å². The topological polar surface area (TPSA) is 75.3 Å². The highest BCUT2D eigenvalue weighted by Gasteiger charge is 2.33. The largest absolute Gasteiger partial charge is 0.434 e. The number of nitrogens with one attached hydrogen (secondary N) is 2. The third kappa shape index (κ3) is 5.45. The molecule has 0 amide bonds. The number of thiazole rings is 1. The summed E-state index contributed by atoms with van der Waals surface area (Å²) in [5, 5.41) is 11.4. The molecule has 2 heterocycles. The van der Waals surface area contributed by atoms with Gasteiger partial charge in [0.1, 0.15) is 10.8 Å². The zero-order chi connectivity index (χ0) is 18.4. The SMILES string of the molecule is CCNC(=NCc1nc(C(F)(F)F)cs1)NCCc1c(C)noc1C. The first-order chi connectivity index (χ1) is 11.8. The predicted molar refractivity (Wildman–Crippen MR) is 89.6 cm³/mol. The second kappa shape index (κ2) is 8.32. The van der Waals surface area contributed by atoms with Gasteiger partial charge in [0.25, 0.3) is 0 Å². The maximum absolute atomic E-state index is 12.6. The Morgan fingerprint density at radius 3 is 2.64 bits per heavy atom. The van der Waals surface area contributed by atoms with Crippen LogP contribution in [0, 0.1) is 13.8 Å². The Morgan fingerprint density at radius 1 is 1.32 bits per heavy atom. The van der Waals surface area contributed by atoms with Gasteiger partial charge in [0.05, 0.1) is 12.2 Å². The van der Waals surface area contributed by atoms with E-state index in [0.29, 0.717) is 30.5 Å². The van der Waals surface area contributed by atoms with Crippen LogP contribution in [0.1, 0.15) is 34.6 Å². The highest BCUT2D eigenvalue weighted by molar-refractivity contribution is 7.09. The minimum atomic E-state index is -4.42. The van der Waals surface area contributed by atoms with Crippen molar-refractivity contribution in [2.75, 3.05) is 13.1 Å². The van der Waals surface area contributed by atoms with Crippen LogP contribution < -0.4 is 10.6 Å². The lowest BCUT2D eigenvalue weighted by Gasteiger charge is -2.10. The highest BCUT2D eigenvalue weighted by Crippen LogP contribution is 2.30. The Labute approximate surface area is 147 Å². The van der Waals surface area contributed by atoms with Crippen LogP contribution in [0.15, 0.2) is 14.9 Å². The molecule has 138 valence electrons. The summed E-state index contributed by atoms with van der Waals surface area (Å²) in [6, 6.07) is 0. The zero-order valence-electron chi connectivity index (χ0n) is 14.2. The Kier molecular flexibility index (Phi) is 6.40. The lowest BCUT2D eigenvalue weighted by atomic mass is 10.1. The van der Waals surface area contributed by atoms with E-state index in [1.54, 1.807) is 0 Å². The lowest BCUT2D eigenvalue weighted by molar-refractivity contribution is -0.140. The number of hydrogen-bond donors (Lipinski definition) is 2. The van der Waals surface area contributed by atoms with Crippen molar-refractivity contribution >= 4 is 17.3 Å². The normalized spacial score (nSPS) is 12.5. The molecule has 0 saturated heterocycles. The van der Waals surface area contributed by atoms with Gasteiger partial charge in [-0.25, -0.2) is 9.98 Å². The Morgan fingerprint density at radius 2 is 2.08 bits per heavy atom. The first kappa shape index (κ1) is 19.2. The smallest absolute Gasteiger partial charge is 0.361 e. The van der Waals surface area contributed by atoms with E-state index in [1.165, 1.54) is 0 Å². The predicted octanol–water partition coefficient (Wildman–Crippen LogP) is 3.06.